The predicted octanol–water partition coefficient (Wildman–Crippen LogP) is 0.457. The molecule has 7 nitrogen and oxygen atoms in total. The van der Waals surface area contributed by atoms with Crippen LogP contribution in [-0.2, 0) is 11.3 Å². The van der Waals surface area contributed by atoms with E-state index in [1.807, 2.05) is 6.92 Å². The highest BCUT2D eigenvalue weighted by Crippen LogP contribution is 2.03. The molecule has 1 unspecified atom stereocenters. The van der Waals surface area contributed by atoms with Crippen LogP contribution in [0.3, 0.4) is 0 Å². The molecular weight excluding hydrogens is 306 g/mol. The van der Waals surface area contributed by atoms with Gasteiger partial charge in [0, 0.05) is 19.0 Å². The van der Waals surface area contributed by atoms with Crippen molar-refractivity contribution in [3.05, 3.63) is 34.6 Å². The molecule has 1 atom stereocenters. The van der Waals surface area contributed by atoms with Gasteiger partial charge < -0.3 is 11.1 Å². The number of nitrogens with two attached hydrogens (primary N) is 1. The topological polar surface area (TPSA) is 103 Å². The second kappa shape index (κ2) is 8.45. The molecule has 0 spiro atoms. The molecule has 0 aliphatic rings. The Balaban J connectivity index is 0.00000242. The molecule has 1 heterocycles. The summed E-state index contributed by atoms with van der Waals surface area (Å²) in [5, 5.41) is 11.1. The average Bonchev–Trinajstić information content (AvgIpc) is 2.46. The Labute approximate surface area is 134 Å². The van der Waals surface area contributed by atoms with Crippen LogP contribution in [-0.4, -0.2) is 33.5 Å². The molecule has 0 radical (unpaired) electrons. The van der Waals surface area contributed by atoms with Crippen LogP contribution in [0.25, 0.3) is 10.9 Å². The van der Waals surface area contributed by atoms with E-state index in [1.165, 1.54) is 4.68 Å². The van der Waals surface area contributed by atoms with E-state index in [2.05, 4.69) is 15.6 Å². The molecule has 22 heavy (non-hydrogen) atoms. The Bertz CT molecular complexity index is 686. The molecule has 1 aromatic heterocycles. The van der Waals surface area contributed by atoms with Crippen molar-refractivity contribution in [2.24, 2.45) is 5.73 Å². The number of carbonyl (C=O) groups is 1. The highest BCUT2D eigenvalue weighted by atomic mass is 35.5. The maximum atomic E-state index is 12.2. The smallest absolute Gasteiger partial charge is 0.277 e. The molecule has 3 N–H and O–H groups in total. The minimum Gasteiger partial charge on any atom is -0.356 e. The molecule has 2 rings (SSSR count). The van der Waals surface area contributed by atoms with E-state index in [9.17, 15) is 9.59 Å². The Morgan fingerprint density at radius 2 is 2.14 bits per heavy atom. The van der Waals surface area contributed by atoms with Crippen molar-refractivity contribution < 1.29 is 4.79 Å². The van der Waals surface area contributed by atoms with Crippen molar-refractivity contribution in [3.8, 4) is 0 Å². The van der Waals surface area contributed by atoms with Gasteiger partial charge in [-0.15, -0.1) is 17.5 Å². The summed E-state index contributed by atoms with van der Waals surface area (Å²) in [6, 6.07) is 7.06. The van der Waals surface area contributed by atoms with Crippen molar-refractivity contribution in [1.82, 2.24) is 20.3 Å². The summed E-state index contributed by atoms with van der Waals surface area (Å²) in [6.45, 7) is 2.63. The van der Waals surface area contributed by atoms with Crippen molar-refractivity contribution in [3.63, 3.8) is 0 Å². The summed E-state index contributed by atoms with van der Waals surface area (Å²) < 4.78 is 1.22. The summed E-state index contributed by atoms with van der Waals surface area (Å²) in [7, 11) is 0. The van der Waals surface area contributed by atoms with Crippen LogP contribution in [0.1, 0.15) is 19.8 Å². The first-order valence-corrected chi connectivity index (χ1v) is 6.93. The maximum Gasteiger partial charge on any atom is 0.277 e. The van der Waals surface area contributed by atoms with E-state index in [1.54, 1.807) is 24.3 Å². The second-order valence-electron chi connectivity index (χ2n) is 5.00. The zero-order chi connectivity index (χ0) is 15.2. The Hall–Kier alpha value is -1.99. The quantitative estimate of drug-likeness (QED) is 0.803. The number of fused-ring (bicyclic) bond motifs is 1. The number of aryl methyl sites for hydroxylation is 1. The van der Waals surface area contributed by atoms with Crippen LogP contribution in [0.5, 0.6) is 0 Å². The third kappa shape index (κ3) is 4.78. The lowest BCUT2D eigenvalue weighted by Gasteiger charge is -2.08. The summed E-state index contributed by atoms with van der Waals surface area (Å²) >= 11 is 0. The van der Waals surface area contributed by atoms with E-state index in [0.717, 1.165) is 6.42 Å². The highest BCUT2D eigenvalue weighted by Gasteiger charge is 2.07. The predicted molar refractivity (Wildman–Crippen MR) is 86.9 cm³/mol. The SMILES string of the molecule is CC(N)CCNC(=O)CCn1nnc2ccccc2c1=O.Cl. The van der Waals surface area contributed by atoms with Crippen LogP contribution in [0.2, 0.25) is 0 Å². The number of aromatic nitrogens is 3. The van der Waals surface area contributed by atoms with Crippen molar-refractivity contribution in [1.29, 1.82) is 0 Å². The molecule has 8 heteroatoms. The van der Waals surface area contributed by atoms with E-state index in [0.29, 0.717) is 17.4 Å². The minimum atomic E-state index is -0.232. The van der Waals surface area contributed by atoms with Gasteiger partial charge in [0.15, 0.2) is 0 Å². The van der Waals surface area contributed by atoms with E-state index >= 15 is 0 Å². The van der Waals surface area contributed by atoms with Gasteiger partial charge in [-0.2, -0.15) is 0 Å². The summed E-state index contributed by atoms with van der Waals surface area (Å²) in [5.41, 5.74) is 5.92. The van der Waals surface area contributed by atoms with Crippen molar-refractivity contribution in [2.75, 3.05) is 6.54 Å². The van der Waals surface area contributed by atoms with Crippen molar-refractivity contribution in [2.45, 2.75) is 32.4 Å². The number of amides is 1. The van der Waals surface area contributed by atoms with E-state index in [4.69, 9.17) is 5.73 Å². The third-order valence-corrected chi connectivity index (χ3v) is 3.10. The molecule has 0 aliphatic carbocycles. The number of benzene rings is 1. The summed E-state index contributed by atoms with van der Waals surface area (Å²) in [4.78, 5) is 23.8. The number of rotatable bonds is 6. The number of hydrogen-bond acceptors (Lipinski definition) is 5. The highest BCUT2D eigenvalue weighted by molar-refractivity contribution is 5.85. The lowest BCUT2D eigenvalue weighted by Crippen LogP contribution is -2.31. The lowest BCUT2D eigenvalue weighted by atomic mass is 10.2. The van der Waals surface area contributed by atoms with Crippen LogP contribution in [0.15, 0.2) is 29.1 Å². The monoisotopic (exact) mass is 325 g/mol. The molecule has 2 aromatic rings. The van der Waals surface area contributed by atoms with Crippen LogP contribution in [0, 0.1) is 0 Å². The van der Waals surface area contributed by atoms with Gasteiger partial charge in [-0.25, -0.2) is 4.68 Å². The van der Waals surface area contributed by atoms with Gasteiger partial charge in [0.05, 0.1) is 11.9 Å². The largest absolute Gasteiger partial charge is 0.356 e. The maximum absolute atomic E-state index is 12.2. The summed E-state index contributed by atoms with van der Waals surface area (Å²) in [5.74, 6) is -0.127. The molecule has 0 bridgehead atoms. The minimum absolute atomic E-state index is 0. The van der Waals surface area contributed by atoms with Gasteiger partial charge in [0.1, 0.15) is 5.52 Å². The first-order valence-electron chi connectivity index (χ1n) is 6.93. The third-order valence-electron chi connectivity index (χ3n) is 3.10. The van der Waals surface area contributed by atoms with Gasteiger partial charge in [-0.05, 0) is 25.5 Å². The number of nitrogens with zero attached hydrogens (tertiary/aromatic N) is 3. The van der Waals surface area contributed by atoms with E-state index in [-0.39, 0.29) is 42.9 Å². The van der Waals surface area contributed by atoms with Gasteiger partial charge >= 0.3 is 0 Å². The number of nitrogens with one attached hydrogen (secondary N) is 1. The first-order chi connectivity index (χ1) is 10.1. The zero-order valence-corrected chi connectivity index (χ0v) is 13.2. The first kappa shape index (κ1) is 18.1. The fourth-order valence-electron chi connectivity index (χ4n) is 1.90. The molecule has 0 fully saturated rings. The van der Waals surface area contributed by atoms with Gasteiger partial charge in [0.25, 0.3) is 5.56 Å². The summed E-state index contributed by atoms with van der Waals surface area (Å²) in [6.07, 6.45) is 0.910. The normalized spacial score (nSPS) is 11.7. The van der Waals surface area contributed by atoms with Gasteiger partial charge in [-0.3, -0.25) is 9.59 Å². The number of halogens is 1. The fourth-order valence-corrected chi connectivity index (χ4v) is 1.90. The molecule has 1 amide bonds. The zero-order valence-electron chi connectivity index (χ0n) is 12.4. The fraction of sp³-hybridized carbons (Fsp3) is 0.429. The molecule has 0 saturated heterocycles. The van der Waals surface area contributed by atoms with Gasteiger partial charge in [0.2, 0.25) is 5.91 Å². The number of carbonyl (C=O) groups excluding carboxylic acids is 1. The molecule has 120 valence electrons. The molecular formula is C14H20ClN5O2. The number of hydrogen-bond donors (Lipinski definition) is 2. The molecule has 0 saturated carbocycles. The van der Waals surface area contributed by atoms with Crippen LogP contribution < -0.4 is 16.6 Å². The van der Waals surface area contributed by atoms with Crippen molar-refractivity contribution >= 4 is 29.2 Å². The molecule has 1 aromatic carbocycles. The lowest BCUT2D eigenvalue weighted by molar-refractivity contribution is -0.121. The average molecular weight is 326 g/mol. The second-order valence-corrected chi connectivity index (χ2v) is 5.00. The molecule has 0 aliphatic heterocycles. The standard InChI is InChI=1S/C14H19N5O2.ClH/c1-10(15)6-8-16-13(20)7-9-19-14(21)11-4-2-3-5-12(11)17-18-19;/h2-5,10H,6-9,15H2,1H3,(H,16,20);1H. The van der Waals surface area contributed by atoms with E-state index < -0.39 is 0 Å². The van der Waals surface area contributed by atoms with Gasteiger partial charge in [-0.1, -0.05) is 17.3 Å². The Kier molecular flexibility index (Phi) is 6.94. The van der Waals surface area contributed by atoms with Crippen LogP contribution in [0.4, 0.5) is 0 Å². The Morgan fingerprint density at radius 1 is 1.41 bits per heavy atom. The van der Waals surface area contributed by atoms with Crippen LogP contribution >= 0.6 is 12.4 Å². The Morgan fingerprint density at radius 3 is 2.86 bits per heavy atom.